The number of rotatable bonds is 4. The quantitative estimate of drug-likeness (QED) is 0.911. The summed E-state index contributed by atoms with van der Waals surface area (Å²) in [6.45, 7) is 3.38. The van der Waals surface area contributed by atoms with Gasteiger partial charge in [-0.15, -0.1) is 0 Å². The highest BCUT2D eigenvalue weighted by atomic mass is 16.4. The number of piperidine rings is 1. The van der Waals surface area contributed by atoms with Gasteiger partial charge in [-0.3, -0.25) is 9.59 Å². The number of hydrogen-bond acceptors (Lipinski definition) is 2. The van der Waals surface area contributed by atoms with Crippen LogP contribution in [0, 0.1) is 12.8 Å². The normalized spacial score (nSPS) is 16.0. The number of aryl methyl sites for hydroxylation is 1. The van der Waals surface area contributed by atoms with Crippen LogP contribution in [0.1, 0.15) is 30.4 Å². The Morgan fingerprint density at radius 3 is 2.74 bits per heavy atom. The Morgan fingerprint density at radius 1 is 1.30 bits per heavy atom. The van der Waals surface area contributed by atoms with Crippen molar-refractivity contribution in [1.82, 2.24) is 9.88 Å². The lowest BCUT2D eigenvalue weighted by Gasteiger charge is -2.31. The number of aromatic amines is 1. The summed E-state index contributed by atoms with van der Waals surface area (Å²) >= 11 is 0. The van der Waals surface area contributed by atoms with Crippen molar-refractivity contribution < 1.29 is 14.7 Å². The standard InChI is InChI=1S/C18H22N2O3/c1-12-3-2-4-15-14(11-19-18(12)15)10-16(21)20-7-5-13(6-8-20)9-17(22)23/h2-4,11,13,19H,5-10H2,1H3,(H,22,23). The van der Waals surface area contributed by atoms with Crippen LogP contribution < -0.4 is 0 Å². The molecule has 1 aliphatic rings. The predicted octanol–water partition coefficient (Wildman–Crippen LogP) is 2.73. The molecule has 0 saturated carbocycles. The maximum absolute atomic E-state index is 12.5. The van der Waals surface area contributed by atoms with Crippen molar-refractivity contribution in [2.75, 3.05) is 13.1 Å². The number of likely N-dealkylation sites (tertiary alicyclic amines) is 1. The van der Waals surface area contributed by atoms with E-state index < -0.39 is 5.97 Å². The van der Waals surface area contributed by atoms with Gasteiger partial charge in [-0.2, -0.15) is 0 Å². The number of nitrogens with zero attached hydrogens (tertiary/aromatic N) is 1. The van der Waals surface area contributed by atoms with E-state index in [4.69, 9.17) is 5.11 Å². The summed E-state index contributed by atoms with van der Waals surface area (Å²) in [6.07, 6.45) is 4.10. The molecule has 2 aromatic rings. The number of carboxylic acids is 1. The van der Waals surface area contributed by atoms with Gasteiger partial charge in [0.15, 0.2) is 0 Å². The lowest BCUT2D eigenvalue weighted by molar-refractivity contribution is -0.138. The van der Waals surface area contributed by atoms with Gasteiger partial charge in [0, 0.05) is 36.6 Å². The molecule has 1 fully saturated rings. The molecular weight excluding hydrogens is 292 g/mol. The molecule has 0 aliphatic carbocycles. The lowest BCUT2D eigenvalue weighted by Crippen LogP contribution is -2.39. The average molecular weight is 314 g/mol. The predicted molar refractivity (Wildman–Crippen MR) is 88.3 cm³/mol. The molecule has 1 aromatic carbocycles. The van der Waals surface area contributed by atoms with E-state index in [9.17, 15) is 9.59 Å². The van der Waals surface area contributed by atoms with E-state index in [-0.39, 0.29) is 18.2 Å². The van der Waals surface area contributed by atoms with Crippen LogP contribution in [-0.2, 0) is 16.0 Å². The topological polar surface area (TPSA) is 73.4 Å². The van der Waals surface area contributed by atoms with Crippen molar-refractivity contribution in [3.8, 4) is 0 Å². The molecule has 1 aliphatic heterocycles. The van der Waals surface area contributed by atoms with Crippen LogP contribution in [0.15, 0.2) is 24.4 Å². The summed E-state index contributed by atoms with van der Waals surface area (Å²) < 4.78 is 0. The third-order valence-corrected chi connectivity index (χ3v) is 4.78. The van der Waals surface area contributed by atoms with Gasteiger partial charge in [0.25, 0.3) is 0 Å². The first-order valence-electron chi connectivity index (χ1n) is 8.09. The van der Waals surface area contributed by atoms with Crippen LogP contribution in [0.4, 0.5) is 0 Å². The molecule has 122 valence electrons. The number of carbonyl (C=O) groups excluding carboxylic acids is 1. The zero-order valence-electron chi connectivity index (χ0n) is 13.3. The number of amides is 1. The summed E-state index contributed by atoms with van der Waals surface area (Å²) in [7, 11) is 0. The minimum absolute atomic E-state index is 0.126. The Morgan fingerprint density at radius 2 is 2.04 bits per heavy atom. The SMILES string of the molecule is Cc1cccc2c(CC(=O)N3CCC(CC(=O)O)CC3)c[nH]c12. The average Bonchev–Trinajstić information content (AvgIpc) is 2.92. The second kappa shape index (κ2) is 6.44. The summed E-state index contributed by atoms with van der Waals surface area (Å²) in [5, 5.41) is 9.96. The van der Waals surface area contributed by atoms with Crippen molar-refractivity contribution in [3.05, 3.63) is 35.5 Å². The van der Waals surface area contributed by atoms with Gasteiger partial charge in [-0.1, -0.05) is 18.2 Å². The van der Waals surface area contributed by atoms with Gasteiger partial charge in [0.2, 0.25) is 5.91 Å². The molecule has 2 heterocycles. The van der Waals surface area contributed by atoms with E-state index in [1.165, 1.54) is 5.56 Å². The molecule has 0 spiro atoms. The number of carboxylic acid groups (broad SMARTS) is 1. The van der Waals surface area contributed by atoms with Crippen LogP contribution in [0.2, 0.25) is 0 Å². The molecular formula is C18H22N2O3. The first-order chi connectivity index (χ1) is 11.0. The molecule has 5 heteroatoms. The molecule has 2 N–H and O–H groups in total. The number of hydrogen-bond donors (Lipinski definition) is 2. The number of para-hydroxylation sites is 1. The zero-order chi connectivity index (χ0) is 16.4. The Bertz CT molecular complexity index is 727. The van der Waals surface area contributed by atoms with Gasteiger partial charge < -0.3 is 15.0 Å². The zero-order valence-corrected chi connectivity index (χ0v) is 13.3. The molecule has 0 atom stereocenters. The van der Waals surface area contributed by atoms with Crippen molar-refractivity contribution >= 4 is 22.8 Å². The second-order valence-electron chi connectivity index (χ2n) is 6.41. The van der Waals surface area contributed by atoms with Crippen LogP contribution in [-0.4, -0.2) is 40.0 Å². The Labute approximate surface area is 135 Å². The van der Waals surface area contributed by atoms with Crippen molar-refractivity contribution in [3.63, 3.8) is 0 Å². The van der Waals surface area contributed by atoms with Gasteiger partial charge in [-0.25, -0.2) is 0 Å². The van der Waals surface area contributed by atoms with Crippen LogP contribution in [0.3, 0.4) is 0 Å². The molecule has 1 amide bonds. The van der Waals surface area contributed by atoms with Gasteiger partial charge in [0.1, 0.15) is 0 Å². The number of aromatic nitrogens is 1. The van der Waals surface area contributed by atoms with Crippen molar-refractivity contribution in [2.45, 2.75) is 32.6 Å². The molecule has 0 bridgehead atoms. The summed E-state index contributed by atoms with van der Waals surface area (Å²) in [4.78, 5) is 28.4. The maximum Gasteiger partial charge on any atom is 0.303 e. The Kier molecular flexibility index (Phi) is 4.37. The smallest absolute Gasteiger partial charge is 0.303 e. The number of nitrogens with one attached hydrogen (secondary N) is 1. The third kappa shape index (κ3) is 3.38. The minimum atomic E-state index is -0.746. The van der Waals surface area contributed by atoms with Crippen LogP contribution in [0.5, 0.6) is 0 Å². The molecule has 3 rings (SSSR count). The van der Waals surface area contributed by atoms with E-state index in [0.717, 1.165) is 29.3 Å². The number of benzene rings is 1. The Hall–Kier alpha value is -2.30. The van der Waals surface area contributed by atoms with Crippen molar-refractivity contribution in [2.24, 2.45) is 5.92 Å². The largest absolute Gasteiger partial charge is 0.481 e. The van der Waals surface area contributed by atoms with E-state index in [1.54, 1.807) is 0 Å². The molecule has 0 radical (unpaired) electrons. The highest BCUT2D eigenvalue weighted by Gasteiger charge is 2.24. The van der Waals surface area contributed by atoms with E-state index >= 15 is 0 Å². The third-order valence-electron chi connectivity index (χ3n) is 4.78. The molecule has 23 heavy (non-hydrogen) atoms. The number of aliphatic carboxylic acids is 1. The number of H-pyrrole nitrogens is 1. The van der Waals surface area contributed by atoms with Gasteiger partial charge in [0.05, 0.1) is 6.42 Å². The summed E-state index contributed by atoms with van der Waals surface area (Å²) in [6, 6.07) is 6.11. The first kappa shape index (κ1) is 15.6. The van der Waals surface area contributed by atoms with E-state index in [2.05, 4.69) is 18.0 Å². The second-order valence-corrected chi connectivity index (χ2v) is 6.41. The van der Waals surface area contributed by atoms with E-state index in [1.807, 2.05) is 23.2 Å². The van der Waals surface area contributed by atoms with Crippen LogP contribution >= 0.6 is 0 Å². The summed E-state index contributed by atoms with van der Waals surface area (Å²) in [5.41, 5.74) is 3.30. The fourth-order valence-corrected chi connectivity index (χ4v) is 3.42. The molecule has 1 saturated heterocycles. The van der Waals surface area contributed by atoms with Crippen molar-refractivity contribution in [1.29, 1.82) is 0 Å². The molecule has 1 aromatic heterocycles. The highest BCUT2D eigenvalue weighted by molar-refractivity contribution is 5.90. The first-order valence-corrected chi connectivity index (χ1v) is 8.09. The maximum atomic E-state index is 12.5. The minimum Gasteiger partial charge on any atom is -0.481 e. The lowest BCUT2D eigenvalue weighted by atomic mass is 9.93. The van der Waals surface area contributed by atoms with Gasteiger partial charge >= 0.3 is 5.97 Å². The van der Waals surface area contributed by atoms with Gasteiger partial charge in [-0.05, 0) is 36.8 Å². The monoisotopic (exact) mass is 314 g/mol. The van der Waals surface area contributed by atoms with E-state index in [0.29, 0.717) is 19.5 Å². The number of fused-ring (bicyclic) bond motifs is 1. The molecule has 5 nitrogen and oxygen atoms in total. The van der Waals surface area contributed by atoms with Crippen LogP contribution in [0.25, 0.3) is 10.9 Å². The fraction of sp³-hybridized carbons (Fsp3) is 0.444. The fourth-order valence-electron chi connectivity index (χ4n) is 3.42. The Balaban J connectivity index is 1.63. The molecule has 0 unspecified atom stereocenters. The number of carbonyl (C=O) groups is 2. The highest BCUT2D eigenvalue weighted by Crippen LogP contribution is 2.24. The summed E-state index contributed by atoms with van der Waals surface area (Å²) in [5.74, 6) is -0.419.